The van der Waals surface area contributed by atoms with Gasteiger partial charge in [0.05, 0.1) is 27.9 Å². The number of carbonyl (C=O) groups excluding carboxylic acids is 1. The fraction of sp³-hybridized carbons (Fsp3) is 0.263. The van der Waals surface area contributed by atoms with Crippen molar-refractivity contribution in [1.29, 1.82) is 0 Å². The molecule has 4 aromatic rings. The van der Waals surface area contributed by atoms with Crippen molar-refractivity contribution in [3.63, 3.8) is 0 Å². The topological polar surface area (TPSA) is 108 Å². The third-order valence-corrected chi connectivity index (χ3v) is 7.85. The Morgan fingerprint density at radius 3 is 2.19 bits per heavy atom. The fourth-order valence-electron chi connectivity index (χ4n) is 5.45. The van der Waals surface area contributed by atoms with Gasteiger partial charge in [0.2, 0.25) is 11.6 Å². The summed E-state index contributed by atoms with van der Waals surface area (Å²) in [5.41, 5.74) is 1.98. The zero-order valence-electron chi connectivity index (χ0n) is 26.8. The molecule has 0 radical (unpaired) electrons. The Labute approximate surface area is 275 Å². The average molecular weight is 637 g/mol. The lowest BCUT2D eigenvalue weighted by Gasteiger charge is -2.30. The number of hydrogen-bond donors (Lipinski definition) is 2. The molecule has 9 heteroatoms. The number of ether oxygens (including phenoxy) is 5. The van der Waals surface area contributed by atoms with E-state index in [2.05, 4.69) is 5.32 Å². The maximum absolute atomic E-state index is 14.5. The Hall–Kier alpha value is -5.28. The summed E-state index contributed by atoms with van der Waals surface area (Å²) < 4.78 is 28.8. The normalized spacial score (nSPS) is 17.1. The van der Waals surface area contributed by atoms with E-state index in [4.69, 9.17) is 33.8 Å². The first-order valence-electron chi connectivity index (χ1n) is 15.5. The zero-order chi connectivity index (χ0) is 33.1. The maximum atomic E-state index is 14.5. The van der Waals surface area contributed by atoms with Gasteiger partial charge in [-0.25, -0.2) is 4.99 Å². The van der Waals surface area contributed by atoms with Crippen LogP contribution in [0.4, 0.5) is 0 Å². The van der Waals surface area contributed by atoms with Gasteiger partial charge in [-0.3, -0.25) is 4.79 Å². The molecule has 0 aromatic heterocycles. The Morgan fingerprint density at radius 1 is 0.915 bits per heavy atom. The molecule has 0 unspecified atom stereocenters. The van der Waals surface area contributed by atoms with Gasteiger partial charge in [-0.1, -0.05) is 72.8 Å². The predicted octanol–water partition coefficient (Wildman–Crippen LogP) is 6.15. The van der Waals surface area contributed by atoms with Crippen molar-refractivity contribution in [3.05, 3.63) is 125 Å². The van der Waals surface area contributed by atoms with Crippen molar-refractivity contribution in [2.45, 2.75) is 31.0 Å². The molecule has 1 aliphatic heterocycles. The van der Waals surface area contributed by atoms with Gasteiger partial charge in [0.15, 0.2) is 23.1 Å². The molecule has 244 valence electrons. The molecule has 5 rings (SSSR count). The van der Waals surface area contributed by atoms with E-state index < -0.39 is 11.6 Å². The number of nitrogens with one attached hydrogen (secondary N) is 1. The molecule has 1 aliphatic rings. The molecule has 2 atom stereocenters. The monoisotopic (exact) mass is 636 g/mol. The summed E-state index contributed by atoms with van der Waals surface area (Å²) in [6, 6.07) is 30.6. The summed E-state index contributed by atoms with van der Waals surface area (Å²) in [5.74, 6) is 2.19. The predicted molar refractivity (Wildman–Crippen MR) is 181 cm³/mol. The van der Waals surface area contributed by atoms with E-state index in [1.54, 1.807) is 21.3 Å². The first-order chi connectivity index (χ1) is 23.0. The highest BCUT2D eigenvalue weighted by molar-refractivity contribution is 6.01. The van der Waals surface area contributed by atoms with Gasteiger partial charge >= 0.3 is 0 Å². The van der Waals surface area contributed by atoms with E-state index in [1.165, 1.54) is 0 Å². The number of benzene rings is 4. The first-order valence-corrected chi connectivity index (χ1v) is 15.5. The van der Waals surface area contributed by atoms with Crippen LogP contribution in [0.25, 0.3) is 6.08 Å². The number of methoxy groups -OCH3 is 3. The molecule has 0 saturated carbocycles. The molecule has 0 spiro atoms. The second-order valence-electron chi connectivity index (χ2n) is 10.9. The standard InChI is InChI=1S/C38H40N2O7/c1-43-32-24-28(25-33(44-2)34(32)45-3)26-39-37(42)38(21-10-14-27-12-6-4-7-13-27)35(29-15-8-5-9-16-29)47-36(40-38)30-17-19-31(20-18-30)46-23-11-22-41/h4-10,12-20,24-25,35,41H,11,21-23,26H2,1-3H3,(H,39,42)/b14-10+/t35-,38-/m1/s1. The molecule has 1 heterocycles. The van der Waals surface area contributed by atoms with Crippen LogP contribution in [0.3, 0.4) is 0 Å². The largest absolute Gasteiger partial charge is 0.494 e. The number of amides is 1. The molecule has 0 aliphatic carbocycles. The van der Waals surface area contributed by atoms with Crippen LogP contribution in [-0.4, -0.2) is 57.0 Å². The summed E-state index contributed by atoms with van der Waals surface area (Å²) in [5, 5.41) is 12.2. The quantitative estimate of drug-likeness (QED) is 0.151. The van der Waals surface area contributed by atoms with Crippen LogP contribution >= 0.6 is 0 Å². The highest BCUT2D eigenvalue weighted by Gasteiger charge is 2.52. The molecule has 47 heavy (non-hydrogen) atoms. The summed E-state index contributed by atoms with van der Waals surface area (Å²) in [6.45, 7) is 0.657. The molecule has 1 amide bonds. The lowest BCUT2D eigenvalue weighted by atomic mass is 9.84. The molecule has 0 fully saturated rings. The molecule has 0 bridgehead atoms. The molecule has 4 aromatic carbocycles. The molecular weight excluding hydrogens is 596 g/mol. The lowest BCUT2D eigenvalue weighted by Crippen LogP contribution is -2.47. The Kier molecular flexibility index (Phi) is 11.1. The van der Waals surface area contributed by atoms with Crippen LogP contribution in [0, 0.1) is 0 Å². The van der Waals surface area contributed by atoms with Crippen molar-refractivity contribution in [1.82, 2.24) is 5.32 Å². The van der Waals surface area contributed by atoms with E-state index in [0.29, 0.717) is 47.5 Å². The SMILES string of the molecule is COc1cc(CNC(=O)[C@]2(C/C=C/c3ccccc3)N=C(c3ccc(OCCCO)cc3)O[C@@H]2c2ccccc2)cc(OC)c1OC. The smallest absolute Gasteiger partial charge is 0.252 e. The summed E-state index contributed by atoms with van der Waals surface area (Å²) in [7, 11) is 4.65. The summed E-state index contributed by atoms with van der Waals surface area (Å²) in [6.07, 6.45) is 4.06. The Balaban J connectivity index is 1.52. The van der Waals surface area contributed by atoms with Crippen LogP contribution in [0.5, 0.6) is 23.0 Å². The minimum atomic E-state index is -1.33. The minimum Gasteiger partial charge on any atom is -0.494 e. The number of rotatable bonds is 15. The van der Waals surface area contributed by atoms with Crippen molar-refractivity contribution in [3.8, 4) is 23.0 Å². The van der Waals surface area contributed by atoms with Gasteiger partial charge in [0.1, 0.15) is 5.75 Å². The number of hydrogen-bond acceptors (Lipinski definition) is 8. The second-order valence-corrected chi connectivity index (χ2v) is 10.9. The van der Waals surface area contributed by atoms with Gasteiger partial charge in [-0.2, -0.15) is 0 Å². The highest BCUT2D eigenvalue weighted by atomic mass is 16.5. The third-order valence-electron chi connectivity index (χ3n) is 7.85. The number of carbonyl (C=O) groups is 1. The van der Waals surface area contributed by atoms with Gasteiger partial charge in [-0.15, -0.1) is 0 Å². The van der Waals surface area contributed by atoms with E-state index in [9.17, 15) is 4.79 Å². The lowest BCUT2D eigenvalue weighted by molar-refractivity contribution is -0.129. The van der Waals surface area contributed by atoms with Gasteiger partial charge < -0.3 is 34.1 Å². The minimum absolute atomic E-state index is 0.0615. The van der Waals surface area contributed by atoms with Gasteiger partial charge in [0, 0.05) is 31.6 Å². The number of aliphatic hydroxyl groups excluding tert-OH is 1. The van der Waals surface area contributed by atoms with Crippen LogP contribution in [0.2, 0.25) is 0 Å². The van der Waals surface area contributed by atoms with Crippen molar-refractivity contribution >= 4 is 17.9 Å². The van der Waals surface area contributed by atoms with Crippen LogP contribution in [0.1, 0.15) is 41.2 Å². The maximum Gasteiger partial charge on any atom is 0.252 e. The van der Waals surface area contributed by atoms with E-state index >= 15 is 0 Å². The fourth-order valence-corrected chi connectivity index (χ4v) is 5.45. The summed E-state index contributed by atoms with van der Waals surface area (Å²) in [4.78, 5) is 19.6. The van der Waals surface area contributed by atoms with Crippen LogP contribution in [0.15, 0.2) is 108 Å². The number of aliphatic hydroxyl groups is 1. The first kappa shape index (κ1) is 33.1. The highest BCUT2D eigenvalue weighted by Crippen LogP contribution is 2.43. The average Bonchev–Trinajstić information content (AvgIpc) is 3.52. The molecule has 0 saturated heterocycles. The molecule has 9 nitrogen and oxygen atoms in total. The van der Waals surface area contributed by atoms with Gasteiger partial charge in [-0.05, 0) is 53.1 Å². The number of aliphatic imine (C=N–C) groups is 1. The number of nitrogens with zero attached hydrogens (tertiary/aromatic N) is 1. The summed E-state index contributed by atoms with van der Waals surface area (Å²) >= 11 is 0. The van der Waals surface area contributed by atoms with Crippen molar-refractivity contribution < 1.29 is 33.6 Å². The van der Waals surface area contributed by atoms with Gasteiger partial charge in [0.25, 0.3) is 5.91 Å². The van der Waals surface area contributed by atoms with Crippen molar-refractivity contribution in [2.24, 2.45) is 4.99 Å². The second kappa shape index (κ2) is 15.8. The Bertz CT molecular complexity index is 1650. The van der Waals surface area contributed by atoms with Crippen molar-refractivity contribution in [2.75, 3.05) is 34.5 Å². The molecular formula is C38H40N2O7. The van der Waals surface area contributed by atoms with E-state index in [1.807, 2.05) is 109 Å². The van der Waals surface area contributed by atoms with E-state index in [0.717, 1.165) is 16.7 Å². The zero-order valence-corrected chi connectivity index (χ0v) is 26.8. The third kappa shape index (κ3) is 7.76. The molecule has 2 N–H and O–H groups in total. The van der Waals surface area contributed by atoms with Crippen LogP contribution < -0.4 is 24.3 Å². The van der Waals surface area contributed by atoms with Crippen LogP contribution in [-0.2, 0) is 16.1 Å². The van der Waals surface area contributed by atoms with E-state index in [-0.39, 0.29) is 25.5 Å². The Morgan fingerprint density at radius 2 is 1.57 bits per heavy atom.